The number of piperidine rings is 1. The van der Waals surface area contributed by atoms with Gasteiger partial charge in [-0.05, 0) is 25.0 Å². The standard InChI is InChI=1S/C21H30N2O7S/c24-20(18-5-1-2-6-19(18)28-16-17-4-3-12-27-17)22-9-15-31(25,26)23-10-7-21(8-11-23)29-13-14-30-21/h1-2,5-6,17H,3-4,7-16H2,(H,22,24)/t17-/m1/s1. The van der Waals surface area contributed by atoms with Crippen molar-refractivity contribution in [1.29, 1.82) is 0 Å². The van der Waals surface area contributed by atoms with Crippen LogP contribution in [0.2, 0.25) is 0 Å². The van der Waals surface area contributed by atoms with E-state index in [2.05, 4.69) is 5.32 Å². The summed E-state index contributed by atoms with van der Waals surface area (Å²) in [6.07, 6.45) is 3.05. The van der Waals surface area contributed by atoms with Crippen LogP contribution in [0.3, 0.4) is 0 Å². The normalized spacial score (nSPS) is 23.8. The molecular weight excluding hydrogens is 424 g/mol. The summed E-state index contributed by atoms with van der Waals surface area (Å²) in [6.45, 7) is 2.97. The van der Waals surface area contributed by atoms with Gasteiger partial charge in [-0.25, -0.2) is 12.7 Å². The van der Waals surface area contributed by atoms with E-state index in [1.807, 2.05) is 0 Å². The largest absolute Gasteiger partial charge is 0.490 e. The highest BCUT2D eigenvalue weighted by molar-refractivity contribution is 7.89. The summed E-state index contributed by atoms with van der Waals surface area (Å²) in [7, 11) is -3.48. The van der Waals surface area contributed by atoms with Crippen LogP contribution in [-0.2, 0) is 24.2 Å². The molecule has 0 unspecified atom stereocenters. The molecule has 0 bridgehead atoms. The van der Waals surface area contributed by atoms with Crippen molar-refractivity contribution < 1.29 is 32.2 Å². The van der Waals surface area contributed by atoms with Gasteiger partial charge in [0.25, 0.3) is 5.91 Å². The molecule has 0 aliphatic carbocycles. The van der Waals surface area contributed by atoms with Crippen LogP contribution in [0, 0.1) is 0 Å². The lowest BCUT2D eigenvalue weighted by Gasteiger charge is -2.36. The van der Waals surface area contributed by atoms with Gasteiger partial charge in [0.05, 0.1) is 30.6 Å². The second kappa shape index (κ2) is 9.83. The summed E-state index contributed by atoms with van der Waals surface area (Å²) in [5.74, 6) is -0.667. The monoisotopic (exact) mass is 454 g/mol. The predicted octanol–water partition coefficient (Wildman–Crippen LogP) is 1.14. The van der Waals surface area contributed by atoms with Crippen LogP contribution in [0.15, 0.2) is 24.3 Å². The lowest BCUT2D eigenvalue weighted by atomic mass is 10.1. The van der Waals surface area contributed by atoms with E-state index in [1.54, 1.807) is 24.3 Å². The summed E-state index contributed by atoms with van der Waals surface area (Å²) in [5.41, 5.74) is 0.383. The maximum Gasteiger partial charge on any atom is 0.255 e. The van der Waals surface area contributed by atoms with Gasteiger partial charge in [-0.15, -0.1) is 0 Å². The third-order valence-electron chi connectivity index (χ3n) is 5.92. The number of nitrogens with one attached hydrogen (secondary N) is 1. The van der Waals surface area contributed by atoms with Gasteiger partial charge >= 0.3 is 0 Å². The van der Waals surface area contributed by atoms with Gasteiger partial charge in [0.1, 0.15) is 12.4 Å². The molecule has 31 heavy (non-hydrogen) atoms. The van der Waals surface area contributed by atoms with E-state index in [9.17, 15) is 13.2 Å². The van der Waals surface area contributed by atoms with Crippen molar-refractivity contribution in [3.8, 4) is 5.75 Å². The fourth-order valence-corrected chi connectivity index (χ4v) is 5.50. The van der Waals surface area contributed by atoms with E-state index in [1.165, 1.54) is 4.31 Å². The quantitative estimate of drug-likeness (QED) is 0.628. The number of carbonyl (C=O) groups excluding carboxylic acids is 1. The maximum atomic E-state index is 12.7. The SMILES string of the molecule is O=C(NCCS(=O)(=O)N1CCC2(CC1)OCCO2)c1ccccc1OC[C@H]1CCCO1. The van der Waals surface area contributed by atoms with Crippen LogP contribution in [0.5, 0.6) is 5.75 Å². The van der Waals surface area contributed by atoms with Crippen molar-refractivity contribution in [3.05, 3.63) is 29.8 Å². The van der Waals surface area contributed by atoms with Gasteiger partial charge in [-0.1, -0.05) is 12.1 Å². The Morgan fingerprint density at radius 1 is 1.16 bits per heavy atom. The Morgan fingerprint density at radius 2 is 1.90 bits per heavy atom. The summed E-state index contributed by atoms with van der Waals surface area (Å²) in [4.78, 5) is 12.6. The molecule has 172 valence electrons. The Bertz CT molecular complexity index is 854. The zero-order valence-corrected chi connectivity index (χ0v) is 18.4. The van der Waals surface area contributed by atoms with Crippen molar-refractivity contribution in [2.75, 3.05) is 51.8 Å². The van der Waals surface area contributed by atoms with Gasteiger partial charge in [0.15, 0.2) is 5.79 Å². The Balaban J connectivity index is 1.26. The van der Waals surface area contributed by atoms with Gasteiger partial charge in [0, 0.05) is 39.1 Å². The summed E-state index contributed by atoms with van der Waals surface area (Å²) >= 11 is 0. The van der Waals surface area contributed by atoms with Crippen LogP contribution in [0.25, 0.3) is 0 Å². The Labute approximate surface area is 183 Å². The van der Waals surface area contributed by atoms with Crippen LogP contribution >= 0.6 is 0 Å². The van der Waals surface area contributed by atoms with E-state index in [4.69, 9.17) is 18.9 Å². The van der Waals surface area contributed by atoms with E-state index in [-0.39, 0.29) is 24.3 Å². The second-order valence-electron chi connectivity index (χ2n) is 8.02. The molecular formula is C21H30N2O7S. The molecule has 9 nitrogen and oxygen atoms in total. The molecule has 1 amide bonds. The fourth-order valence-electron chi connectivity index (χ4n) is 4.15. The molecule has 1 spiro atoms. The number of hydrogen-bond donors (Lipinski definition) is 1. The molecule has 0 aromatic heterocycles. The molecule has 3 fully saturated rings. The number of benzene rings is 1. The van der Waals surface area contributed by atoms with Crippen molar-refractivity contribution in [2.45, 2.75) is 37.6 Å². The topological polar surface area (TPSA) is 103 Å². The maximum absolute atomic E-state index is 12.7. The average molecular weight is 455 g/mol. The van der Waals surface area contributed by atoms with Gasteiger partial charge in [-0.2, -0.15) is 0 Å². The van der Waals surface area contributed by atoms with Crippen molar-refractivity contribution in [3.63, 3.8) is 0 Å². The first kappa shape index (κ1) is 22.5. The molecule has 3 aliphatic rings. The first-order chi connectivity index (χ1) is 15.0. The molecule has 4 rings (SSSR count). The minimum atomic E-state index is -3.48. The average Bonchev–Trinajstić information content (AvgIpc) is 3.45. The number of ether oxygens (including phenoxy) is 4. The highest BCUT2D eigenvalue weighted by Gasteiger charge is 2.42. The zero-order valence-electron chi connectivity index (χ0n) is 17.6. The third kappa shape index (κ3) is 5.56. The molecule has 0 radical (unpaired) electrons. The highest BCUT2D eigenvalue weighted by atomic mass is 32.2. The number of amides is 1. The van der Waals surface area contributed by atoms with Crippen LogP contribution in [0.1, 0.15) is 36.0 Å². The number of para-hydroxylation sites is 1. The van der Waals surface area contributed by atoms with E-state index < -0.39 is 15.8 Å². The zero-order chi connectivity index (χ0) is 21.7. The third-order valence-corrected chi connectivity index (χ3v) is 7.79. The van der Waals surface area contributed by atoms with Gasteiger partial charge in [-0.3, -0.25) is 4.79 Å². The minimum Gasteiger partial charge on any atom is -0.490 e. The molecule has 3 saturated heterocycles. The number of hydrogen-bond acceptors (Lipinski definition) is 7. The van der Waals surface area contributed by atoms with Crippen molar-refractivity contribution >= 4 is 15.9 Å². The lowest BCUT2D eigenvalue weighted by molar-refractivity contribution is -0.179. The van der Waals surface area contributed by atoms with Gasteiger partial charge in [0.2, 0.25) is 10.0 Å². The second-order valence-corrected chi connectivity index (χ2v) is 10.1. The highest BCUT2D eigenvalue weighted by Crippen LogP contribution is 2.32. The Kier molecular flexibility index (Phi) is 7.12. The van der Waals surface area contributed by atoms with E-state index in [0.29, 0.717) is 57.1 Å². The molecule has 1 N–H and O–H groups in total. The van der Waals surface area contributed by atoms with Crippen LogP contribution in [0.4, 0.5) is 0 Å². The van der Waals surface area contributed by atoms with E-state index >= 15 is 0 Å². The molecule has 1 atom stereocenters. The number of rotatable bonds is 8. The number of nitrogens with zero attached hydrogens (tertiary/aromatic N) is 1. The van der Waals surface area contributed by atoms with Crippen LogP contribution < -0.4 is 10.1 Å². The molecule has 1 aromatic rings. The molecule has 1 aromatic carbocycles. The predicted molar refractivity (Wildman–Crippen MR) is 112 cm³/mol. The number of sulfonamides is 1. The molecule has 0 saturated carbocycles. The first-order valence-electron chi connectivity index (χ1n) is 10.8. The number of carbonyl (C=O) groups is 1. The summed E-state index contributed by atoms with van der Waals surface area (Å²) < 4.78 is 49.4. The molecule has 10 heteroatoms. The minimum absolute atomic E-state index is 0.0237. The van der Waals surface area contributed by atoms with Crippen molar-refractivity contribution in [2.24, 2.45) is 0 Å². The first-order valence-corrected chi connectivity index (χ1v) is 12.5. The Morgan fingerprint density at radius 3 is 2.61 bits per heavy atom. The lowest BCUT2D eigenvalue weighted by Crippen LogP contribution is -2.48. The van der Waals surface area contributed by atoms with E-state index in [0.717, 1.165) is 19.4 Å². The summed E-state index contributed by atoms with van der Waals surface area (Å²) in [5, 5.41) is 2.71. The Hall–Kier alpha value is -1.72. The smallest absolute Gasteiger partial charge is 0.255 e. The molecule has 3 heterocycles. The van der Waals surface area contributed by atoms with Gasteiger partial charge < -0.3 is 24.3 Å². The summed E-state index contributed by atoms with van der Waals surface area (Å²) in [6, 6.07) is 6.95. The van der Waals surface area contributed by atoms with Crippen LogP contribution in [-0.4, -0.2) is 82.3 Å². The fraction of sp³-hybridized carbons (Fsp3) is 0.667. The van der Waals surface area contributed by atoms with Crippen molar-refractivity contribution in [1.82, 2.24) is 9.62 Å². The molecule has 3 aliphatic heterocycles.